The molecule has 0 saturated carbocycles. The Hall–Kier alpha value is -1.74. The van der Waals surface area contributed by atoms with Crippen molar-refractivity contribution in [3.05, 3.63) is 54.6 Å². The van der Waals surface area contributed by atoms with Crippen molar-refractivity contribution in [2.45, 2.75) is 64.6 Å². The highest BCUT2D eigenvalue weighted by atomic mass is 28.4. The lowest BCUT2D eigenvalue weighted by Gasteiger charge is -2.39. The Morgan fingerprint density at radius 3 is 2.15 bits per heavy atom. The fourth-order valence-electron chi connectivity index (χ4n) is 3.44. The molecule has 0 N–H and O–H groups in total. The maximum absolute atomic E-state index is 6.81. The van der Waals surface area contributed by atoms with Crippen LogP contribution in [0.4, 0.5) is 0 Å². The van der Waals surface area contributed by atoms with Gasteiger partial charge in [0.2, 0.25) is 0 Å². The van der Waals surface area contributed by atoms with Gasteiger partial charge in [-0.2, -0.15) is 0 Å². The van der Waals surface area contributed by atoms with Crippen LogP contribution < -0.4 is 9.16 Å². The fraction of sp³-hybridized carbons (Fsp3) is 0.478. The van der Waals surface area contributed by atoms with Gasteiger partial charge < -0.3 is 9.16 Å². The van der Waals surface area contributed by atoms with E-state index in [0.717, 1.165) is 22.6 Å². The summed E-state index contributed by atoms with van der Waals surface area (Å²) in [7, 11) is -0.245. The molecule has 144 valence electrons. The predicted molar refractivity (Wildman–Crippen MR) is 118 cm³/mol. The molecule has 1 rings (SSSR count). The van der Waals surface area contributed by atoms with Crippen LogP contribution in [-0.2, 0) is 0 Å². The highest BCUT2D eigenvalue weighted by Gasteiger charge is 2.43. The van der Waals surface area contributed by atoms with E-state index in [4.69, 9.17) is 9.16 Å². The molecule has 3 heteroatoms. The number of benzene rings is 1. The number of allylic oxidation sites excluding steroid dienone is 3. The molecule has 0 aliphatic carbocycles. The van der Waals surface area contributed by atoms with Crippen LogP contribution in [0.25, 0.3) is 6.08 Å². The highest BCUT2D eigenvalue weighted by Crippen LogP contribution is 2.42. The van der Waals surface area contributed by atoms with Gasteiger partial charge in [0.1, 0.15) is 5.75 Å². The minimum absolute atomic E-state index is 0.548. The molecule has 0 bridgehead atoms. The number of hydrogen-bond donors (Lipinski definition) is 0. The van der Waals surface area contributed by atoms with Crippen molar-refractivity contribution in [2.24, 2.45) is 0 Å². The van der Waals surface area contributed by atoms with Crippen molar-refractivity contribution in [2.75, 3.05) is 7.11 Å². The van der Waals surface area contributed by atoms with Gasteiger partial charge in [-0.15, -0.1) is 0 Å². The van der Waals surface area contributed by atoms with Crippen LogP contribution >= 0.6 is 0 Å². The van der Waals surface area contributed by atoms with Gasteiger partial charge in [-0.25, -0.2) is 0 Å². The van der Waals surface area contributed by atoms with E-state index in [1.54, 1.807) is 19.3 Å². The van der Waals surface area contributed by atoms with Crippen LogP contribution in [-0.4, -0.2) is 15.4 Å². The Morgan fingerprint density at radius 2 is 1.69 bits per heavy atom. The molecule has 0 unspecified atom stereocenters. The summed E-state index contributed by atoms with van der Waals surface area (Å²) in [5.74, 6) is 1.66. The van der Waals surface area contributed by atoms with Crippen LogP contribution in [0.15, 0.2) is 49.1 Å². The Morgan fingerprint density at radius 1 is 1.08 bits per heavy atom. The third-order valence-corrected chi connectivity index (χ3v) is 10.8. The first-order chi connectivity index (χ1) is 12.3. The lowest BCUT2D eigenvalue weighted by molar-refractivity contribution is 0.384. The smallest absolute Gasteiger partial charge is 0.256 e. The van der Waals surface area contributed by atoms with Crippen molar-refractivity contribution in [3.8, 4) is 11.5 Å². The van der Waals surface area contributed by atoms with E-state index in [9.17, 15) is 0 Å². The molecule has 1 aromatic carbocycles. The Labute approximate surface area is 161 Å². The first-order valence-electron chi connectivity index (χ1n) is 9.68. The second kappa shape index (κ2) is 10.4. The molecule has 0 aliphatic heterocycles. The zero-order chi connectivity index (χ0) is 19.7. The summed E-state index contributed by atoms with van der Waals surface area (Å²) >= 11 is 0. The van der Waals surface area contributed by atoms with Crippen molar-refractivity contribution in [1.29, 1.82) is 0 Å². The summed E-state index contributed by atoms with van der Waals surface area (Å²) in [4.78, 5) is 0. The van der Waals surface area contributed by atoms with Crippen LogP contribution in [0.5, 0.6) is 11.5 Å². The summed E-state index contributed by atoms with van der Waals surface area (Å²) in [6.07, 6.45) is 8.05. The quantitative estimate of drug-likeness (QED) is 0.298. The molecule has 1 aromatic rings. The van der Waals surface area contributed by atoms with Gasteiger partial charge in [-0.05, 0) is 46.5 Å². The summed E-state index contributed by atoms with van der Waals surface area (Å²) in [5.41, 5.74) is 3.13. The molecule has 0 heterocycles. The molecule has 2 nitrogen and oxygen atoms in total. The van der Waals surface area contributed by atoms with E-state index in [0.29, 0.717) is 11.1 Å². The van der Waals surface area contributed by atoms with Crippen molar-refractivity contribution in [1.82, 2.24) is 0 Å². The van der Waals surface area contributed by atoms with Gasteiger partial charge >= 0.3 is 0 Å². The van der Waals surface area contributed by atoms with Gasteiger partial charge in [-0.1, -0.05) is 78.8 Å². The molecular weight excluding hydrogens is 336 g/mol. The summed E-state index contributed by atoms with van der Waals surface area (Å²) in [6, 6.07) is 7.33. The number of unbranched alkanes of at least 4 members (excludes halogenated alkanes) is 1. The number of rotatable bonds is 11. The maximum atomic E-state index is 6.81. The molecule has 0 saturated heterocycles. The van der Waals surface area contributed by atoms with Crippen LogP contribution in [0.1, 0.15) is 53.0 Å². The molecule has 0 atom stereocenters. The van der Waals surface area contributed by atoms with Crippen molar-refractivity contribution in [3.63, 3.8) is 0 Å². The zero-order valence-electron chi connectivity index (χ0n) is 17.5. The van der Waals surface area contributed by atoms with Gasteiger partial charge in [0.15, 0.2) is 5.75 Å². The summed E-state index contributed by atoms with van der Waals surface area (Å²) in [5, 5.41) is 0. The molecule has 0 amide bonds. The van der Waals surface area contributed by atoms with E-state index in [-0.39, 0.29) is 0 Å². The van der Waals surface area contributed by atoms with Gasteiger partial charge in [-0.3, -0.25) is 0 Å². The molecule has 0 fully saturated rings. The molecule has 0 aliphatic rings. The molecule has 26 heavy (non-hydrogen) atoms. The zero-order valence-corrected chi connectivity index (χ0v) is 18.5. The predicted octanol–water partition coefficient (Wildman–Crippen LogP) is 7.40. The normalized spacial score (nSPS) is 11.4. The average Bonchev–Trinajstić information content (AvgIpc) is 2.63. The lowest BCUT2D eigenvalue weighted by atomic mass is 10.1. The third-order valence-electron chi connectivity index (χ3n) is 5.17. The van der Waals surface area contributed by atoms with E-state index < -0.39 is 8.32 Å². The van der Waals surface area contributed by atoms with Crippen LogP contribution in [0.3, 0.4) is 0 Å². The Bertz CT molecular complexity index is 611. The first-order valence-corrected chi connectivity index (χ1v) is 11.9. The number of hydrogen-bond acceptors (Lipinski definition) is 2. The minimum Gasteiger partial charge on any atom is -0.540 e. The number of ether oxygens (including phenoxy) is 1. The van der Waals surface area contributed by atoms with E-state index >= 15 is 0 Å². The standard InChI is InChI=1S/C23H36O2Si/c1-9-12-15-26(18(4)5,19(6)7)25-22-14-13-21(17-23(22)24-8)16-20(10-2)11-3/h10-11,13-14,16-19H,2-3,9,12,15H2,1,4-8H3. The van der Waals surface area contributed by atoms with Crippen molar-refractivity contribution >= 4 is 14.4 Å². The van der Waals surface area contributed by atoms with Gasteiger partial charge in [0, 0.05) is 0 Å². The van der Waals surface area contributed by atoms with E-state index in [2.05, 4.69) is 53.8 Å². The van der Waals surface area contributed by atoms with Gasteiger partial charge in [0.25, 0.3) is 8.32 Å². The molecule has 0 aromatic heterocycles. The monoisotopic (exact) mass is 372 g/mol. The second-order valence-electron chi connectivity index (χ2n) is 7.43. The average molecular weight is 373 g/mol. The van der Waals surface area contributed by atoms with E-state index in [1.165, 1.54) is 18.9 Å². The Balaban J connectivity index is 3.29. The molecule has 0 spiro atoms. The highest BCUT2D eigenvalue weighted by molar-refractivity contribution is 6.77. The fourth-order valence-corrected chi connectivity index (χ4v) is 7.99. The van der Waals surface area contributed by atoms with Crippen molar-refractivity contribution < 1.29 is 9.16 Å². The van der Waals surface area contributed by atoms with Crippen LogP contribution in [0.2, 0.25) is 17.1 Å². The Kier molecular flexibility index (Phi) is 8.93. The molecular formula is C23H36O2Si. The molecule has 0 radical (unpaired) electrons. The number of methoxy groups -OCH3 is 1. The largest absolute Gasteiger partial charge is 0.540 e. The summed E-state index contributed by atoms with van der Waals surface area (Å²) < 4.78 is 12.5. The second-order valence-corrected chi connectivity index (χ2v) is 12.4. The maximum Gasteiger partial charge on any atom is 0.256 e. The summed E-state index contributed by atoms with van der Waals surface area (Å²) in [6.45, 7) is 19.1. The first kappa shape index (κ1) is 22.3. The van der Waals surface area contributed by atoms with Gasteiger partial charge in [0.05, 0.1) is 7.11 Å². The topological polar surface area (TPSA) is 18.5 Å². The lowest BCUT2D eigenvalue weighted by Crippen LogP contribution is -2.47. The SMILES string of the molecule is C=CC(C=C)=Cc1ccc(O[Si](CCCC)(C(C)C)C(C)C)c(OC)c1. The van der Waals surface area contributed by atoms with Crippen LogP contribution in [0, 0.1) is 0 Å². The minimum atomic E-state index is -1.95. The third kappa shape index (κ3) is 5.37. The van der Waals surface area contributed by atoms with E-state index in [1.807, 2.05) is 18.2 Å².